The van der Waals surface area contributed by atoms with Crippen LogP contribution in [0.5, 0.6) is 0 Å². The zero-order valence-corrected chi connectivity index (χ0v) is 10.4. The van der Waals surface area contributed by atoms with Crippen molar-refractivity contribution >= 4 is 28.0 Å². The van der Waals surface area contributed by atoms with Gasteiger partial charge in [-0.05, 0) is 38.6 Å². The van der Waals surface area contributed by atoms with Gasteiger partial charge in [-0.3, -0.25) is 14.4 Å². The van der Waals surface area contributed by atoms with E-state index >= 15 is 0 Å². The molecule has 3 fully saturated rings. The number of carbonyl (C=O) groups is 3. The van der Waals surface area contributed by atoms with E-state index in [0.29, 0.717) is 5.76 Å². The SMILES string of the molecule is CC12C(=O)SC(=O)C1(C)C13C=C1OC(=O)C23C. The summed E-state index contributed by atoms with van der Waals surface area (Å²) in [7, 11) is 0. The highest BCUT2D eigenvalue weighted by atomic mass is 32.2. The summed E-state index contributed by atoms with van der Waals surface area (Å²) >= 11 is 0.760. The van der Waals surface area contributed by atoms with Gasteiger partial charge in [0.25, 0.3) is 0 Å². The zero-order valence-electron chi connectivity index (χ0n) is 9.62. The van der Waals surface area contributed by atoms with Gasteiger partial charge in [0.05, 0.1) is 21.7 Å². The van der Waals surface area contributed by atoms with Crippen molar-refractivity contribution in [2.24, 2.45) is 21.7 Å². The van der Waals surface area contributed by atoms with Gasteiger partial charge >= 0.3 is 5.97 Å². The van der Waals surface area contributed by atoms with Gasteiger partial charge in [0.1, 0.15) is 5.76 Å². The Morgan fingerprint density at radius 1 is 1.00 bits per heavy atom. The third-order valence-corrected chi connectivity index (χ3v) is 7.03. The standard InChI is InChI=1S/C12H10O4S/c1-9-6(13)16-5-4-12(5,9)11(3)8(15)17-7(14)10(9,11)2/h4H,1-3H3. The second-order valence-corrected chi connectivity index (χ2v) is 6.70. The topological polar surface area (TPSA) is 60.4 Å². The number of fused-ring (bicyclic) bond motifs is 2. The molecule has 4 atom stereocenters. The molecule has 4 unspecified atom stereocenters. The summed E-state index contributed by atoms with van der Waals surface area (Å²) in [5, 5.41) is -0.330. The Morgan fingerprint density at radius 2 is 1.59 bits per heavy atom. The molecule has 2 heterocycles. The first-order chi connectivity index (χ1) is 7.78. The van der Waals surface area contributed by atoms with Crippen molar-refractivity contribution in [3.8, 4) is 0 Å². The summed E-state index contributed by atoms with van der Waals surface area (Å²) in [5.41, 5.74) is -3.24. The molecule has 1 spiro atoms. The van der Waals surface area contributed by atoms with Crippen LogP contribution in [0.1, 0.15) is 20.8 Å². The number of allylic oxidation sites excluding steroid dienone is 2. The van der Waals surface area contributed by atoms with Crippen LogP contribution in [-0.4, -0.2) is 16.2 Å². The second kappa shape index (κ2) is 2.00. The van der Waals surface area contributed by atoms with E-state index in [-0.39, 0.29) is 16.2 Å². The minimum Gasteiger partial charge on any atom is -0.430 e. The lowest BCUT2D eigenvalue weighted by Crippen LogP contribution is -2.74. The molecular weight excluding hydrogens is 240 g/mol. The van der Waals surface area contributed by atoms with Crippen LogP contribution in [-0.2, 0) is 19.1 Å². The van der Waals surface area contributed by atoms with Crippen molar-refractivity contribution in [1.29, 1.82) is 0 Å². The summed E-state index contributed by atoms with van der Waals surface area (Å²) in [5.74, 6) is 0.229. The smallest absolute Gasteiger partial charge is 0.319 e. The number of hydrogen-bond donors (Lipinski definition) is 0. The van der Waals surface area contributed by atoms with Gasteiger partial charge in [0.15, 0.2) is 0 Å². The van der Waals surface area contributed by atoms with Gasteiger partial charge < -0.3 is 4.74 Å². The number of rotatable bonds is 0. The van der Waals surface area contributed by atoms with Crippen molar-refractivity contribution < 1.29 is 19.1 Å². The average Bonchev–Trinajstić information content (AvgIpc) is 2.92. The molecule has 0 radical (unpaired) electrons. The van der Waals surface area contributed by atoms with Gasteiger partial charge in [0, 0.05) is 0 Å². The molecule has 4 aliphatic rings. The number of hydrogen-bond acceptors (Lipinski definition) is 5. The Labute approximate surface area is 102 Å². The van der Waals surface area contributed by atoms with Gasteiger partial charge in [-0.1, -0.05) is 0 Å². The van der Waals surface area contributed by atoms with E-state index in [0.717, 1.165) is 11.8 Å². The average molecular weight is 250 g/mol. The van der Waals surface area contributed by atoms with Gasteiger partial charge in [-0.15, -0.1) is 0 Å². The highest BCUT2D eigenvalue weighted by Crippen LogP contribution is 2.92. The molecule has 4 rings (SSSR count). The Bertz CT molecular complexity index is 579. The van der Waals surface area contributed by atoms with Crippen LogP contribution in [0.15, 0.2) is 11.8 Å². The molecule has 17 heavy (non-hydrogen) atoms. The summed E-state index contributed by atoms with van der Waals surface area (Å²) in [6.07, 6.45) is 1.84. The van der Waals surface area contributed by atoms with Crippen LogP contribution in [0.25, 0.3) is 0 Å². The molecule has 1 saturated carbocycles. The molecular formula is C12H10O4S. The lowest BCUT2D eigenvalue weighted by Gasteiger charge is -2.64. The fraction of sp³-hybridized carbons (Fsp3) is 0.583. The van der Waals surface area contributed by atoms with E-state index in [4.69, 9.17) is 4.74 Å². The largest absolute Gasteiger partial charge is 0.430 e. The van der Waals surface area contributed by atoms with Crippen molar-refractivity contribution in [3.05, 3.63) is 11.8 Å². The third kappa shape index (κ3) is 0.507. The molecule has 0 N–H and O–H groups in total. The molecule has 2 aliphatic carbocycles. The van der Waals surface area contributed by atoms with Gasteiger partial charge in [-0.25, -0.2) is 0 Å². The lowest BCUT2D eigenvalue weighted by molar-refractivity contribution is -0.220. The molecule has 0 aromatic heterocycles. The van der Waals surface area contributed by atoms with Crippen molar-refractivity contribution in [1.82, 2.24) is 0 Å². The number of carbonyl (C=O) groups excluding carboxylic acids is 3. The molecule has 0 aromatic carbocycles. The molecule has 0 bridgehead atoms. The first kappa shape index (κ1) is 9.88. The van der Waals surface area contributed by atoms with E-state index in [2.05, 4.69) is 0 Å². The number of esters is 1. The predicted octanol–water partition coefficient (Wildman–Crippen LogP) is 1.26. The first-order valence-corrected chi connectivity index (χ1v) is 6.32. The highest BCUT2D eigenvalue weighted by Gasteiger charge is 2.99. The third-order valence-electron chi connectivity index (χ3n) is 5.84. The second-order valence-electron chi connectivity index (χ2n) is 5.76. The quantitative estimate of drug-likeness (QED) is 0.606. The minimum absolute atomic E-state index is 0.132. The molecule has 0 amide bonds. The summed E-state index contributed by atoms with van der Waals surface area (Å²) < 4.78 is 5.19. The maximum absolute atomic E-state index is 12.1. The van der Waals surface area contributed by atoms with E-state index in [1.165, 1.54) is 0 Å². The van der Waals surface area contributed by atoms with Gasteiger partial charge in [0.2, 0.25) is 10.2 Å². The van der Waals surface area contributed by atoms with E-state index in [9.17, 15) is 14.4 Å². The van der Waals surface area contributed by atoms with Crippen molar-refractivity contribution in [2.45, 2.75) is 20.8 Å². The fourth-order valence-electron chi connectivity index (χ4n) is 4.41. The monoisotopic (exact) mass is 250 g/mol. The normalized spacial score (nSPS) is 57.8. The Hall–Kier alpha value is -1.10. The van der Waals surface area contributed by atoms with E-state index in [1.54, 1.807) is 20.8 Å². The molecule has 2 aliphatic heterocycles. The summed E-state index contributed by atoms with van der Waals surface area (Å²) in [4.78, 5) is 36.3. The molecule has 2 saturated heterocycles. The number of thioether (sulfide) groups is 1. The van der Waals surface area contributed by atoms with E-state index in [1.807, 2.05) is 6.08 Å². The lowest BCUT2D eigenvalue weighted by atomic mass is 9.30. The minimum atomic E-state index is -0.937. The maximum Gasteiger partial charge on any atom is 0.319 e. The van der Waals surface area contributed by atoms with Crippen molar-refractivity contribution in [2.75, 3.05) is 0 Å². The summed E-state index contributed by atoms with van der Waals surface area (Å²) in [6.45, 7) is 5.28. The maximum atomic E-state index is 12.1. The molecule has 5 heteroatoms. The van der Waals surface area contributed by atoms with Crippen molar-refractivity contribution in [3.63, 3.8) is 0 Å². The van der Waals surface area contributed by atoms with Crippen LogP contribution in [0.4, 0.5) is 0 Å². The van der Waals surface area contributed by atoms with Crippen LogP contribution >= 0.6 is 11.8 Å². The zero-order chi connectivity index (χ0) is 12.4. The van der Waals surface area contributed by atoms with Crippen LogP contribution in [0.2, 0.25) is 0 Å². The van der Waals surface area contributed by atoms with Gasteiger partial charge in [-0.2, -0.15) is 0 Å². The van der Waals surface area contributed by atoms with Crippen LogP contribution in [0, 0.1) is 21.7 Å². The molecule has 88 valence electrons. The first-order valence-electron chi connectivity index (χ1n) is 5.51. The fourth-order valence-corrected chi connectivity index (χ4v) is 5.76. The Balaban J connectivity index is 2.06. The predicted molar refractivity (Wildman–Crippen MR) is 58.5 cm³/mol. The van der Waals surface area contributed by atoms with Crippen LogP contribution in [0.3, 0.4) is 0 Å². The summed E-state index contributed by atoms with van der Waals surface area (Å²) in [6, 6.07) is 0. The molecule has 0 aromatic rings. The Morgan fingerprint density at radius 3 is 2.24 bits per heavy atom. The number of ether oxygens (including phenoxy) is 1. The van der Waals surface area contributed by atoms with E-state index < -0.39 is 21.7 Å². The Kier molecular flexibility index (Phi) is 1.17. The highest BCUT2D eigenvalue weighted by molar-refractivity contribution is 8.27. The van der Waals surface area contributed by atoms with Crippen LogP contribution < -0.4 is 0 Å². The molecule has 4 nitrogen and oxygen atoms in total.